The second-order valence-corrected chi connectivity index (χ2v) is 4.75. The van der Waals surface area contributed by atoms with Crippen molar-refractivity contribution in [3.05, 3.63) is 16.6 Å². The van der Waals surface area contributed by atoms with E-state index in [-0.39, 0.29) is 0 Å². The second kappa shape index (κ2) is 4.14. The molecule has 2 aliphatic rings. The van der Waals surface area contributed by atoms with E-state index in [9.17, 15) is 0 Å². The molecule has 1 N–H and O–H groups in total. The summed E-state index contributed by atoms with van der Waals surface area (Å²) in [6, 6.07) is 4.15. The number of piperazine rings is 1. The monoisotopic (exact) mass is 284 g/mol. The topological polar surface area (TPSA) is 33.7 Å². The van der Waals surface area contributed by atoms with Gasteiger partial charge >= 0.3 is 0 Å². The summed E-state index contributed by atoms with van der Waals surface area (Å²) in [5, 5.41) is 3.34. The molecule has 4 nitrogen and oxygen atoms in total. The second-order valence-electron chi connectivity index (χ2n) is 3.90. The fourth-order valence-corrected chi connectivity index (χ4v) is 2.60. The number of nitrogens with one attached hydrogen (secondary N) is 1. The fourth-order valence-electron chi connectivity index (χ4n) is 2.06. The zero-order chi connectivity index (χ0) is 11.0. The van der Waals surface area contributed by atoms with Crippen molar-refractivity contribution in [2.45, 2.75) is 0 Å². The molecule has 0 bridgehead atoms. The number of nitrogens with zero attached hydrogens (tertiary/aromatic N) is 1. The van der Waals surface area contributed by atoms with Gasteiger partial charge in [0.2, 0.25) is 6.79 Å². The minimum Gasteiger partial charge on any atom is -0.453 e. The molecule has 3 rings (SSSR count). The molecule has 0 spiro atoms. The van der Waals surface area contributed by atoms with E-state index in [1.54, 1.807) is 0 Å². The van der Waals surface area contributed by atoms with Gasteiger partial charge in [-0.05, 0) is 22.0 Å². The highest BCUT2D eigenvalue weighted by molar-refractivity contribution is 9.10. The van der Waals surface area contributed by atoms with Crippen LogP contribution < -0.4 is 19.7 Å². The molecular weight excluding hydrogens is 272 g/mol. The zero-order valence-corrected chi connectivity index (χ0v) is 10.4. The third-order valence-corrected chi connectivity index (χ3v) is 3.48. The molecule has 0 radical (unpaired) electrons. The molecule has 1 saturated heterocycles. The van der Waals surface area contributed by atoms with Crippen LogP contribution in [0.4, 0.5) is 5.69 Å². The quantitative estimate of drug-likeness (QED) is 0.849. The smallest absolute Gasteiger partial charge is 0.231 e. The summed E-state index contributed by atoms with van der Waals surface area (Å²) < 4.78 is 11.8. The minimum atomic E-state index is 0.318. The highest BCUT2D eigenvalue weighted by atomic mass is 79.9. The van der Waals surface area contributed by atoms with Gasteiger partial charge in [-0.25, -0.2) is 0 Å². The Labute approximate surface area is 103 Å². The van der Waals surface area contributed by atoms with Gasteiger partial charge in [0, 0.05) is 37.9 Å². The number of halogens is 1. The number of rotatable bonds is 1. The lowest BCUT2D eigenvalue weighted by atomic mass is 10.2. The average Bonchev–Trinajstić information content (AvgIpc) is 2.79. The van der Waals surface area contributed by atoms with Crippen LogP contribution in [0.2, 0.25) is 0 Å². The van der Waals surface area contributed by atoms with Gasteiger partial charge in [-0.3, -0.25) is 0 Å². The van der Waals surface area contributed by atoms with Gasteiger partial charge < -0.3 is 19.7 Å². The first-order valence-corrected chi connectivity index (χ1v) is 6.19. The predicted molar refractivity (Wildman–Crippen MR) is 65.3 cm³/mol. The standard InChI is InChI=1S/C11H13BrN2O2/c12-9-5-8(14-3-1-13-2-4-14)6-10-11(9)16-7-15-10/h5-6,13H,1-4,7H2. The normalized spacial score (nSPS) is 18.9. The van der Waals surface area contributed by atoms with Crippen molar-refractivity contribution in [3.8, 4) is 11.5 Å². The van der Waals surface area contributed by atoms with Gasteiger partial charge in [-0.15, -0.1) is 0 Å². The van der Waals surface area contributed by atoms with Gasteiger partial charge in [-0.1, -0.05) is 0 Å². The molecule has 2 aliphatic heterocycles. The van der Waals surface area contributed by atoms with Crippen LogP contribution in [0.25, 0.3) is 0 Å². The maximum Gasteiger partial charge on any atom is 0.231 e. The number of ether oxygens (including phenoxy) is 2. The Morgan fingerprint density at radius 3 is 2.81 bits per heavy atom. The molecule has 0 atom stereocenters. The van der Waals surface area contributed by atoms with Crippen molar-refractivity contribution in [1.29, 1.82) is 0 Å². The molecule has 86 valence electrons. The van der Waals surface area contributed by atoms with E-state index in [4.69, 9.17) is 9.47 Å². The Morgan fingerprint density at radius 2 is 2.00 bits per heavy atom. The van der Waals surface area contributed by atoms with Crippen molar-refractivity contribution in [2.24, 2.45) is 0 Å². The van der Waals surface area contributed by atoms with Crippen LogP contribution in [-0.2, 0) is 0 Å². The predicted octanol–water partition coefficient (Wildman–Crippen LogP) is 1.59. The number of fused-ring (bicyclic) bond motifs is 1. The van der Waals surface area contributed by atoms with Gasteiger partial charge in [0.15, 0.2) is 11.5 Å². The van der Waals surface area contributed by atoms with Gasteiger partial charge in [0.25, 0.3) is 0 Å². The molecule has 1 aromatic carbocycles. The van der Waals surface area contributed by atoms with Gasteiger partial charge in [0.1, 0.15) is 0 Å². The van der Waals surface area contributed by atoms with E-state index in [0.717, 1.165) is 42.2 Å². The Balaban J connectivity index is 1.92. The van der Waals surface area contributed by atoms with Gasteiger partial charge in [0.05, 0.1) is 4.47 Å². The van der Waals surface area contributed by atoms with Crippen LogP contribution >= 0.6 is 15.9 Å². The van der Waals surface area contributed by atoms with Crippen molar-refractivity contribution in [3.63, 3.8) is 0 Å². The molecule has 0 aromatic heterocycles. The SMILES string of the molecule is Brc1cc(N2CCNCC2)cc2c1OCO2. The van der Waals surface area contributed by atoms with Crippen molar-refractivity contribution >= 4 is 21.6 Å². The number of anilines is 1. The molecule has 5 heteroatoms. The zero-order valence-electron chi connectivity index (χ0n) is 8.83. The summed E-state index contributed by atoms with van der Waals surface area (Å²) in [7, 11) is 0. The molecule has 0 unspecified atom stereocenters. The van der Waals surface area contributed by atoms with Crippen LogP contribution in [0.15, 0.2) is 16.6 Å². The summed E-state index contributed by atoms with van der Waals surface area (Å²) >= 11 is 3.52. The first-order valence-electron chi connectivity index (χ1n) is 5.39. The van der Waals surface area contributed by atoms with Crippen LogP contribution in [-0.4, -0.2) is 33.0 Å². The maximum atomic E-state index is 5.42. The van der Waals surface area contributed by atoms with E-state index < -0.39 is 0 Å². The minimum absolute atomic E-state index is 0.318. The molecule has 0 aliphatic carbocycles. The summed E-state index contributed by atoms with van der Waals surface area (Å²) in [6.45, 7) is 4.45. The highest BCUT2D eigenvalue weighted by Gasteiger charge is 2.20. The first kappa shape index (κ1) is 10.2. The van der Waals surface area contributed by atoms with Gasteiger partial charge in [-0.2, -0.15) is 0 Å². The Hall–Kier alpha value is -0.940. The largest absolute Gasteiger partial charge is 0.453 e. The molecule has 1 aromatic rings. The van der Waals surface area contributed by atoms with Crippen molar-refractivity contribution in [1.82, 2.24) is 5.32 Å². The van der Waals surface area contributed by atoms with E-state index >= 15 is 0 Å². The highest BCUT2D eigenvalue weighted by Crippen LogP contribution is 2.42. The third-order valence-electron chi connectivity index (χ3n) is 2.89. The maximum absolute atomic E-state index is 5.42. The summed E-state index contributed by atoms with van der Waals surface area (Å²) in [4.78, 5) is 2.35. The molecular formula is C11H13BrN2O2. The summed E-state index contributed by atoms with van der Waals surface area (Å²) in [5.74, 6) is 1.65. The number of benzene rings is 1. The lowest BCUT2D eigenvalue weighted by Gasteiger charge is -2.29. The fraction of sp³-hybridized carbons (Fsp3) is 0.455. The molecule has 1 fully saturated rings. The molecule has 16 heavy (non-hydrogen) atoms. The third kappa shape index (κ3) is 1.74. The van der Waals surface area contributed by atoms with Crippen molar-refractivity contribution < 1.29 is 9.47 Å². The van der Waals surface area contributed by atoms with Crippen molar-refractivity contribution in [2.75, 3.05) is 37.9 Å². The first-order chi connectivity index (χ1) is 7.84. The van der Waals surface area contributed by atoms with Crippen LogP contribution in [0.1, 0.15) is 0 Å². The van der Waals surface area contributed by atoms with E-state index in [0.29, 0.717) is 6.79 Å². The molecule has 0 saturated carbocycles. The lowest BCUT2D eigenvalue weighted by molar-refractivity contribution is 0.173. The molecule has 0 amide bonds. The van der Waals surface area contributed by atoms with Crippen LogP contribution in [0, 0.1) is 0 Å². The summed E-state index contributed by atoms with van der Waals surface area (Å²) in [6.07, 6.45) is 0. The van der Waals surface area contributed by atoms with E-state index in [1.807, 2.05) is 0 Å². The Bertz CT molecular complexity index is 405. The molecule has 2 heterocycles. The van der Waals surface area contributed by atoms with E-state index in [2.05, 4.69) is 38.3 Å². The van der Waals surface area contributed by atoms with Crippen LogP contribution in [0.3, 0.4) is 0 Å². The number of hydrogen-bond donors (Lipinski definition) is 1. The Morgan fingerprint density at radius 1 is 1.19 bits per heavy atom. The lowest BCUT2D eigenvalue weighted by Crippen LogP contribution is -2.43. The summed E-state index contributed by atoms with van der Waals surface area (Å²) in [5.41, 5.74) is 1.19. The number of hydrogen-bond acceptors (Lipinski definition) is 4. The Kier molecular flexibility index (Phi) is 2.65. The average molecular weight is 285 g/mol. The van der Waals surface area contributed by atoms with Crippen LogP contribution in [0.5, 0.6) is 11.5 Å². The van der Waals surface area contributed by atoms with E-state index in [1.165, 1.54) is 5.69 Å².